The zero-order valence-electron chi connectivity index (χ0n) is 6.80. The molecule has 1 heterocycles. The zero-order chi connectivity index (χ0) is 11.8. The third-order valence-corrected chi connectivity index (χ3v) is 3.72. The van der Waals surface area contributed by atoms with Crippen molar-refractivity contribution in [3.8, 4) is 0 Å². The molecule has 0 aliphatic heterocycles. The summed E-state index contributed by atoms with van der Waals surface area (Å²) in [6, 6.07) is 0.807. The van der Waals surface area contributed by atoms with E-state index in [2.05, 4.69) is 15.9 Å². The van der Waals surface area contributed by atoms with Crippen LogP contribution in [0.15, 0.2) is 20.2 Å². The Balaban J connectivity index is 3.70. The second-order valence-corrected chi connectivity index (χ2v) is 5.82. The minimum Gasteiger partial charge on any atom is -0.320 e. The Morgan fingerprint density at radius 1 is 1.47 bits per heavy atom. The molecular formula is C6H3BrClF2NO3S. The van der Waals surface area contributed by atoms with E-state index in [0.717, 1.165) is 6.07 Å². The molecule has 9 heteroatoms. The molecule has 0 aromatic carbocycles. The number of rotatable bonds is 2. The quantitative estimate of drug-likeness (QED) is 0.847. The first-order chi connectivity index (χ1) is 6.73. The topological polar surface area (TPSA) is 67.0 Å². The molecule has 0 amide bonds. The fourth-order valence-corrected chi connectivity index (χ4v) is 3.47. The van der Waals surface area contributed by atoms with Crippen molar-refractivity contribution in [3.05, 3.63) is 26.6 Å². The number of aromatic amines is 1. The molecule has 1 N–H and O–H groups in total. The van der Waals surface area contributed by atoms with E-state index in [1.807, 2.05) is 0 Å². The molecule has 0 spiro atoms. The standard InChI is InChI=1S/C6H3BrClF2NO3S/c7-2-1-3(12)11-4(6(9)10)5(2)15(8,13)14/h1,6H,(H,11,12). The summed E-state index contributed by atoms with van der Waals surface area (Å²) in [6.07, 6.45) is -3.14. The molecule has 0 unspecified atom stereocenters. The molecular weight excluding hydrogens is 319 g/mol. The number of hydrogen-bond acceptors (Lipinski definition) is 3. The van der Waals surface area contributed by atoms with Gasteiger partial charge in [-0.1, -0.05) is 0 Å². The molecule has 1 aromatic heterocycles. The summed E-state index contributed by atoms with van der Waals surface area (Å²) >= 11 is 2.69. The Labute approximate surface area is 95.8 Å². The van der Waals surface area contributed by atoms with Gasteiger partial charge in [-0.05, 0) is 15.9 Å². The molecule has 0 saturated heterocycles. The Hall–Kier alpha value is -0.470. The molecule has 1 rings (SSSR count). The highest BCUT2D eigenvalue weighted by molar-refractivity contribution is 9.10. The van der Waals surface area contributed by atoms with E-state index < -0.39 is 31.6 Å². The van der Waals surface area contributed by atoms with E-state index in [1.54, 1.807) is 4.98 Å². The Morgan fingerprint density at radius 3 is 2.40 bits per heavy atom. The lowest BCUT2D eigenvalue weighted by atomic mass is 10.3. The van der Waals surface area contributed by atoms with Crippen LogP contribution in [0.1, 0.15) is 12.1 Å². The van der Waals surface area contributed by atoms with Gasteiger partial charge >= 0.3 is 0 Å². The van der Waals surface area contributed by atoms with Crippen LogP contribution >= 0.6 is 26.6 Å². The molecule has 84 valence electrons. The van der Waals surface area contributed by atoms with Crippen LogP contribution in [0.25, 0.3) is 0 Å². The van der Waals surface area contributed by atoms with Crippen molar-refractivity contribution in [1.29, 1.82) is 0 Å². The van der Waals surface area contributed by atoms with Gasteiger partial charge in [0.2, 0.25) is 5.56 Å². The largest absolute Gasteiger partial charge is 0.320 e. The Bertz CT molecular complexity index is 542. The number of H-pyrrole nitrogens is 1. The van der Waals surface area contributed by atoms with Crippen molar-refractivity contribution in [3.63, 3.8) is 0 Å². The first kappa shape index (κ1) is 12.6. The first-order valence-electron chi connectivity index (χ1n) is 3.39. The van der Waals surface area contributed by atoms with Crippen LogP contribution in [0, 0.1) is 0 Å². The highest BCUT2D eigenvalue weighted by Gasteiger charge is 2.26. The lowest BCUT2D eigenvalue weighted by Gasteiger charge is -2.06. The van der Waals surface area contributed by atoms with E-state index in [4.69, 9.17) is 10.7 Å². The second-order valence-electron chi connectivity index (χ2n) is 2.46. The van der Waals surface area contributed by atoms with Crippen molar-refractivity contribution in [2.24, 2.45) is 0 Å². The van der Waals surface area contributed by atoms with Gasteiger partial charge in [0.05, 0.1) is 0 Å². The van der Waals surface area contributed by atoms with E-state index in [1.165, 1.54) is 0 Å². The second kappa shape index (κ2) is 4.18. The third-order valence-electron chi connectivity index (χ3n) is 1.44. The highest BCUT2D eigenvalue weighted by atomic mass is 79.9. The predicted molar refractivity (Wildman–Crippen MR) is 52.8 cm³/mol. The molecule has 1 aromatic rings. The van der Waals surface area contributed by atoms with E-state index in [0.29, 0.717) is 0 Å². The summed E-state index contributed by atoms with van der Waals surface area (Å²) in [6.45, 7) is 0. The van der Waals surface area contributed by atoms with Gasteiger partial charge in [-0.3, -0.25) is 4.79 Å². The summed E-state index contributed by atoms with van der Waals surface area (Å²) in [5, 5.41) is 0. The van der Waals surface area contributed by atoms with Crippen molar-refractivity contribution in [1.82, 2.24) is 4.98 Å². The van der Waals surface area contributed by atoms with Crippen LogP contribution < -0.4 is 5.56 Å². The van der Waals surface area contributed by atoms with Crippen LogP contribution in [0.3, 0.4) is 0 Å². The lowest BCUT2D eigenvalue weighted by molar-refractivity contribution is 0.142. The average Bonchev–Trinajstić information content (AvgIpc) is 1.99. The van der Waals surface area contributed by atoms with Crippen molar-refractivity contribution in [2.45, 2.75) is 11.3 Å². The van der Waals surface area contributed by atoms with Crippen molar-refractivity contribution >= 4 is 35.7 Å². The number of aromatic nitrogens is 1. The average molecular weight is 323 g/mol. The van der Waals surface area contributed by atoms with Gasteiger partial charge in [-0.15, -0.1) is 0 Å². The van der Waals surface area contributed by atoms with E-state index >= 15 is 0 Å². The maximum atomic E-state index is 12.4. The number of halogens is 4. The van der Waals surface area contributed by atoms with Crippen molar-refractivity contribution in [2.75, 3.05) is 0 Å². The summed E-state index contributed by atoms with van der Waals surface area (Å²) in [5.74, 6) is 0. The molecule has 0 bridgehead atoms. The molecule has 0 fully saturated rings. The highest BCUT2D eigenvalue weighted by Crippen LogP contribution is 2.31. The molecule has 0 saturated carbocycles. The van der Waals surface area contributed by atoms with Gasteiger partial charge < -0.3 is 4.98 Å². The lowest BCUT2D eigenvalue weighted by Crippen LogP contribution is -2.13. The molecule has 15 heavy (non-hydrogen) atoms. The molecule has 0 atom stereocenters. The number of pyridine rings is 1. The van der Waals surface area contributed by atoms with E-state index in [-0.39, 0.29) is 4.47 Å². The van der Waals surface area contributed by atoms with Gasteiger partial charge in [-0.2, -0.15) is 0 Å². The summed E-state index contributed by atoms with van der Waals surface area (Å²) in [4.78, 5) is 11.7. The summed E-state index contributed by atoms with van der Waals surface area (Å²) < 4.78 is 46.5. The first-order valence-corrected chi connectivity index (χ1v) is 6.49. The summed E-state index contributed by atoms with van der Waals surface area (Å²) in [5.41, 5.74) is -1.87. The smallest absolute Gasteiger partial charge is 0.279 e. The van der Waals surface area contributed by atoms with Crippen molar-refractivity contribution < 1.29 is 17.2 Å². The zero-order valence-corrected chi connectivity index (χ0v) is 9.96. The maximum Gasteiger partial charge on any atom is 0.279 e. The molecule has 0 aliphatic carbocycles. The van der Waals surface area contributed by atoms with Gasteiger partial charge in [0.1, 0.15) is 10.6 Å². The van der Waals surface area contributed by atoms with Crippen LogP contribution in [0.5, 0.6) is 0 Å². The van der Waals surface area contributed by atoms with Gasteiger partial charge in [-0.25, -0.2) is 17.2 Å². The Morgan fingerprint density at radius 2 is 2.00 bits per heavy atom. The SMILES string of the molecule is O=c1cc(Br)c(S(=O)(=O)Cl)c(C(F)F)[nH]1. The number of hydrogen-bond donors (Lipinski definition) is 1. The summed E-state index contributed by atoms with van der Waals surface area (Å²) in [7, 11) is 0.602. The van der Waals surface area contributed by atoms with Gasteiger partial charge in [0, 0.05) is 21.2 Å². The minimum absolute atomic E-state index is 0.295. The van der Waals surface area contributed by atoms with Crippen LogP contribution in [-0.4, -0.2) is 13.4 Å². The van der Waals surface area contributed by atoms with Gasteiger partial charge in [0.25, 0.3) is 15.5 Å². The Kier molecular flexibility index (Phi) is 3.51. The fraction of sp³-hybridized carbons (Fsp3) is 0.167. The maximum absolute atomic E-state index is 12.4. The van der Waals surface area contributed by atoms with Crippen LogP contribution in [-0.2, 0) is 9.05 Å². The number of nitrogens with one attached hydrogen (secondary N) is 1. The van der Waals surface area contributed by atoms with Crippen LogP contribution in [0.4, 0.5) is 8.78 Å². The van der Waals surface area contributed by atoms with Gasteiger partial charge in [0.15, 0.2) is 0 Å². The predicted octanol–water partition coefficient (Wildman–Crippen LogP) is 2.00. The molecule has 0 radical (unpaired) electrons. The van der Waals surface area contributed by atoms with E-state index in [9.17, 15) is 22.0 Å². The number of alkyl halides is 2. The minimum atomic E-state index is -4.35. The fourth-order valence-electron chi connectivity index (χ4n) is 0.936. The third kappa shape index (κ3) is 2.76. The monoisotopic (exact) mass is 321 g/mol. The molecule has 4 nitrogen and oxygen atoms in total. The normalized spacial score (nSPS) is 12.1. The van der Waals surface area contributed by atoms with Crippen LogP contribution in [0.2, 0.25) is 0 Å². The molecule has 0 aliphatic rings.